The highest BCUT2D eigenvalue weighted by Crippen LogP contribution is 2.11. The van der Waals surface area contributed by atoms with Crippen LogP contribution in [0.1, 0.15) is 79.2 Å². The molecule has 3 amide bonds. The number of nitrogens with two attached hydrogens (primary N) is 1. The van der Waals surface area contributed by atoms with E-state index in [9.17, 15) is 24.0 Å². The number of hydrogen-bond acceptors (Lipinski definition) is 9. The van der Waals surface area contributed by atoms with E-state index < -0.39 is 59.7 Å². The molecule has 5 N–H and O–H groups in total. The van der Waals surface area contributed by atoms with Crippen LogP contribution in [-0.4, -0.2) is 66.2 Å². The molecule has 0 saturated heterocycles. The number of rotatable bonds is 15. The number of alkyl carbamates (subject to hydrolysis) is 1. The molecule has 0 radical (unpaired) electrons. The van der Waals surface area contributed by atoms with Crippen LogP contribution in [0, 0.1) is 0 Å². The van der Waals surface area contributed by atoms with Crippen LogP contribution in [0.15, 0.2) is 30.3 Å². The molecule has 0 bridgehead atoms. The van der Waals surface area contributed by atoms with Crippen LogP contribution >= 0.6 is 0 Å². The highest BCUT2D eigenvalue weighted by atomic mass is 16.6. The average molecular weight is 579 g/mol. The zero-order valence-electron chi connectivity index (χ0n) is 25.0. The molecule has 0 aliphatic carbocycles. The first-order valence-corrected chi connectivity index (χ1v) is 13.8. The van der Waals surface area contributed by atoms with Crippen molar-refractivity contribution in [3.63, 3.8) is 0 Å². The van der Waals surface area contributed by atoms with Crippen molar-refractivity contribution in [1.82, 2.24) is 16.0 Å². The summed E-state index contributed by atoms with van der Waals surface area (Å²) in [5, 5.41) is 7.66. The van der Waals surface area contributed by atoms with Crippen molar-refractivity contribution in [3.8, 4) is 0 Å². The van der Waals surface area contributed by atoms with E-state index in [2.05, 4.69) is 16.0 Å². The molecule has 0 fully saturated rings. The SMILES string of the molecule is CC(C)(C)OC(=O)CCC(NC(=O)C(N)CCCCNC(=O)OC(C)(C)C)C(=O)NCC(=O)OCc1ccccc1. The number of amides is 3. The summed E-state index contributed by atoms with van der Waals surface area (Å²) >= 11 is 0. The summed E-state index contributed by atoms with van der Waals surface area (Å²) in [4.78, 5) is 61.7. The molecule has 1 aromatic rings. The predicted molar refractivity (Wildman–Crippen MR) is 152 cm³/mol. The quantitative estimate of drug-likeness (QED) is 0.138. The van der Waals surface area contributed by atoms with E-state index in [1.807, 2.05) is 18.2 Å². The summed E-state index contributed by atoms with van der Waals surface area (Å²) in [6.45, 7) is 10.5. The van der Waals surface area contributed by atoms with Gasteiger partial charge in [-0.05, 0) is 72.8 Å². The highest BCUT2D eigenvalue weighted by Gasteiger charge is 2.26. The minimum absolute atomic E-state index is 0.0521. The Balaban J connectivity index is 2.60. The Bertz CT molecular complexity index is 1000. The summed E-state index contributed by atoms with van der Waals surface area (Å²) in [5.74, 6) is -2.43. The van der Waals surface area contributed by atoms with Gasteiger partial charge in [0.15, 0.2) is 0 Å². The molecule has 0 aliphatic heterocycles. The molecule has 0 heterocycles. The normalized spacial score (nSPS) is 12.9. The molecule has 0 aromatic heterocycles. The third-order valence-electron chi connectivity index (χ3n) is 5.29. The molecule has 230 valence electrons. The van der Waals surface area contributed by atoms with Crippen LogP contribution in [0.5, 0.6) is 0 Å². The Kier molecular flexibility index (Phi) is 14.8. The van der Waals surface area contributed by atoms with Gasteiger partial charge in [-0.15, -0.1) is 0 Å². The number of carbonyl (C=O) groups is 5. The molecule has 1 aromatic carbocycles. The zero-order chi connectivity index (χ0) is 31.1. The van der Waals surface area contributed by atoms with Gasteiger partial charge < -0.3 is 35.9 Å². The van der Waals surface area contributed by atoms with E-state index in [4.69, 9.17) is 19.9 Å². The fourth-order valence-corrected chi connectivity index (χ4v) is 3.40. The second-order valence-corrected chi connectivity index (χ2v) is 11.6. The van der Waals surface area contributed by atoms with Crippen LogP contribution in [0.2, 0.25) is 0 Å². The van der Waals surface area contributed by atoms with Crippen LogP contribution in [0.25, 0.3) is 0 Å². The van der Waals surface area contributed by atoms with Crippen LogP contribution in [-0.2, 0) is 40.0 Å². The first-order chi connectivity index (χ1) is 19.1. The molecular formula is C29H46N4O8. The van der Waals surface area contributed by atoms with E-state index in [-0.39, 0.29) is 19.4 Å². The molecule has 2 unspecified atom stereocenters. The summed E-state index contributed by atoms with van der Waals surface area (Å²) in [7, 11) is 0. The largest absolute Gasteiger partial charge is 0.460 e. The smallest absolute Gasteiger partial charge is 0.407 e. The van der Waals surface area contributed by atoms with Gasteiger partial charge in [0.2, 0.25) is 11.8 Å². The zero-order valence-corrected chi connectivity index (χ0v) is 25.0. The van der Waals surface area contributed by atoms with E-state index in [0.29, 0.717) is 25.8 Å². The lowest BCUT2D eigenvalue weighted by atomic mass is 10.1. The number of nitrogens with one attached hydrogen (secondary N) is 3. The fourth-order valence-electron chi connectivity index (χ4n) is 3.40. The summed E-state index contributed by atoms with van der Waals surface area (Å²) < 4.78 is 15.6. The Morgan fingerprint density at radius 1 is 0.805 bits per heavy atom. The molecule has 41 heavy (non-hydrogen) atoms. The minimum Gasteiger partial charge on any atom is -0.460 e. The van der Waals surface area contributed by atoms with E-state index in [1.165, 1.54) is 0 Å². The first-order valence-electron chi connectivity index (χ1n) is 13.8. The van der Waals surface area contributed by atoms with Crippen molar-refractivity contribution in [2.24, 2.45) is 5.73 Å². The van der Waals surface area contributed by atoms with Crippen molar-refractivity contribution in [2.75, 3.05) is 13.1 Å². The second kappa shape index (κ2) is 17.2. The molecule has 0 spiro atoms. The highest BCUT2D eigenvalue weighted by molar-refractivity contribution is 5.91. The molecule has 0 aliphatic rings. The Morgan fingerprint density at radius 3 is 2.05 bits per heavy atom. The topological polar surface area (TPSA) is 175 Å². The van der Waals surface area contributed by atoms with Crippen molar-refractivity contribution in [1.29, 1.82) is 0 Å². The minimum atomic E-state index is -1.13. The van der Waals surface area contributed by atoms with Gasteiger partial charge in [-0.1, -0.05) is 30.3 Å². The van der Waals surface area contributed by atoms with Gasteiger partial charge in [0, 0.05) is 13.0 Å². The van der Waals surface area contributed by atoms with Crippen molar-refractivity contribution in [2.45, 2.75) is 104 Å². The number of carbonyl (C=O) groups excluding carboxylic acids is 5. The van der Waals surface area contributed by atoms with Gasteiger partial charge in [-0.25, -0.2) is 4.79 Å². The number of esters is 2. The third-order valence-corrected chi connectivity index (χ3v) is 5.29. The maximum atomic E-state index is 12.9. The van der Waals surface area contributed by atoms with Crippen molar-refractivity contribution < 1.29 is 38.2 Å². The monoisotopic (exact) mass is 578 g/mol. The number of benzene rings is 1. The van der Waals surface area contributed by atoms with E-state index >= 15 is 0 Å². The fraction of sp³-hybridized carbons (Fsp3) is 0.621. The molecule has 1 rings (SSSR count). The van der Waals surface area contributed by atoms with Gasteiger partial charge in [-0.2, -0.15) is 0 Å². The molecule has 12 nitrogen and oxygen atoms in total. The van der Waals surface area contributed by atoms with Gasteiger partial charge in [0.25, 0.3) is 0 Å². The molecule has 2 atom stereocenters. The Morgan fingerprint density at radius 2 is 1.44 bits per heavy atom. The lowest BCUT2D eigenvalue weighted by Gasteiger charge is -2.22. The van der Waals surface area contributed by atoms with Crippen LogP contribution in [0.3, 0.4) is 0 Å². The first kappa shape index (κ1) is 35.4. The van der Waals surface area contributed by atoms with E-state index in [1.54, 1.807) is 53.7 Å². The van der Waals surface area contributed by atoms with E-state index in [0.717, 1.165) is 5.56 Å². The molecule has 12 heteroatoms. The van der Waals surface area contributed by atoms with Crippen LogP contribution < -0.4 is 21.7 Å². The van der Waals surface area contributed by atoms with Gasteiger partial charge >= 0.3 is 18.0 Å². The van der Waals surface area contributed by atoms with Crippen molar-refractivity contribution >= 4 is 29.8 Å². The molecule has 0 saturated carbocycles. The average Bonchev–Trinajstić information content (AvgIpc) is 2.86. The van der Waals surface area contributed by atoms with Gasteiger partial charge in [-0.3, -0.25) is 19.2 Å². The Hall–Kier alpha value is -3.67. The predicted octanol–water partition coefficient (Wildman–Crippen LogP) is 2.48. The summed E-state index contributed by atoms with van der Waals surface area (Å²) in [5.41, 5.74) is 5.52. The lowest BCUT2D eigenvalue weighted by Crippen LogP contribution is -2.52. The third kappa shape index (κ3) is 17.6. The summed E-state index contributed by atoms with van der Waals surface area (Å²) in [6.07, 6.45) is 0.675. The lowest BCUT2D eigenvalue weighted by molar-refractivity contribution is -0.155. The summed E-state index contributed by atoms with van der Waals surface area (Å²) in [6, 6.07) is 7.01. The van der Waals surface area contributed by atoms with Crippen molar-refractivity contribution in [3.05, 3.63) is 35.9 Å². The Labute approximate surface area is 242 Å². The number of unbranched alkanes of at least 4 members (excludes halogenated alkanes) is 1. The second-order valence-electron chi connectivity index (χ2n) is 11.6. The number of ether oxygens (including phenoxy) is 3. The maximum Gasteiger partial charge on any atom is 0.407 e. The maximum absolute atomic E-state index is 12.9. The van der Waals surface area contributed by atoms with Gasteiger partial charge in [0.1, 0.15) is 30.4 Å². The molecular weight excluding hydrogens is 532 g/mol. The number of hydrogen-bond donors (Lipinski definition) is 4. The standard InChI is InChI=1S/C29H46N4O8/c1-28(2,3)40-23(34)16-15-22(26(37)32-18-24(35)39-19-20-12-8-7-9-13-20)33-25(36)21(30)14-10-11-17-31-27(38)41-29(4,5)6/h7-9,12-13,21-22H,10-11,14-19,30H2,1-6H3,(H,31,38)(H,32,37)(H,33,36). The van der Waals surface area contributed by atoms with Crippen LogP contribution in [0.4, 0.5) is 4.79 Å². The van der Waals surface area contributed by atoms with Gasteiger partial charge in [0.05, 0.1) is 6.04 Å².